The zero-order valence-corrected chi connectivity index (χ0v) is 20.3. The Kier molecular flexibility index (Phi) is 7.56. The van der Waals surface area contributed by atoms with E-state index < -0.39 is 0 Å². The topological polar surface area (TPSA) is 93.5 Å². The highest BCUT2D eigenvalue weighted by atomic mass is 16.8. The van der Waals surface area contributed by atoms with Gasteiger partial charge < -0.3 is 19.5 Å². The number of ether oxygens (including phenoxy) is 1. The number of piperidine rings is 1. The van der Waals surface area contributed by atoms with Crippen molar-refractivity contribution in [2.45, 2.75) is 44.9 Å². The van der Waals surface area contributed by atoms with Crippen LogP contribution in [0.4, 0.5) is 5.95 Å². The van der Waals surface area contributed by atoms with Crippen LogP contribution in [0.1, 0.15) is 48.0 Å². The third-order valence-electron chi connectivity index (χ3n) is 6.95. The largest absolute Gasteiger partial charge is 0.350 e. The number of rotatable bonds is 8. The van der Waals surface area contributed by atoms with E-state index in [1.807, 2.05) is 0 Å². The van der Waals surface area contributed by atoms with Gasteiger partial charge in [0.15, 0.2) is 6.29 Å². The number of nitrogens with one attached hydrogen (secondary N) is 2. The van der Waals surface area contributed by atoms with Gasteiger partial charge in [-0.3, -0.25) is 4.79 Å². The van der Waals surface area contributed by atoms with Crippen molar-refractivity contribution < 1.29 is 14.4 Å². The number of fused-ring (bicyclic) bond motifs is 1. The minimum Gasteiger partial charge on any atom is -0.350 e. The molecule has 35 heavy (non-hydrogen) atoms. The van der Waals surface area contributed by atoms with Crippen LogP contribution in [0.2, 0.25) is 0 Å². The maximum absolute atomic E-state index is 12.3. The van der Waals surface area contributed by atoms with Gasteiger partial charge in [0.1, 0.15) is 0 Å². The van der Waals surface area contributed by atoms with Crippen LogP contribution in [0.15, 0.2) is 42.9 Å². The van der Waals surface area contributed by atoms with Gasteiger partial charge in [0, 0.05) is 58.3 Å². The molecule has 2 aromatic heterocycles. The summed E-state index contributed by atoms with van der Waals surface area (Å²) in [5.41, 5.74) is 5.46. The third kappa shape index (κ3) is 5.80. The summed E-state index contributed by atoms with van der Waals surface area (Å²) in [6.07, 6.45) is 9.87. The Bertz CT molecular complexity index is 1120. The number of nitrogens with zero attached hydrogens (tertiary/aromatic N) is 4. The highest BCUT2D eigenvalue weighted by Crippen LogP contribution is 2.22. The predicted octanol–water partition coefficient (Wildman–Crippen LogP) is 3.16. The monoisotopic (exact) mass is 478 g/mol. The lowest BCUT2D eigenvalue weighted by molar-refractivity contribution is -0.186. The van der Waals surface area contributed by atoms with Crippen molar-refractivity contribution >= 4 is 22.8 Å². The molecule has 5 rings (SSSR count). The number of benzene rings is 1. The fraction of sp³-hybridized carbons (Fsp3) is 0.500. The maximum Gasteiger partial charge on any atom is 0.278 e. The van der Waals surface area contributed by atoms with Crippen molar-refractivity contribution in [3.05, 3.63) is 54.0 Å². The van der Waals surface area contributed by atoms with Crippen molar-refractivity contribution in [2.75, 3.05) is 31.1 Å². The molecule has 2 aliphatic rings. The number of hydrogen-bond acceptors (Lipinski definition) is 7. The Labute approximate surface area is 205 Å². The molecule has 0 radical (unpaired) electrons. The number of carbonyl (C=O) groups is 1. The van der Waals surface area contributed by atoms with E-state index in [1.165, 1.54) is 16.5 Å². The molecule has 0 bridgehead atoms. The van der Waals surface area contributed by atoms with Crippen LogP contribution < -0.4 is 15.7 Å². The lowest BCUT2D eigenvalue weighted by atomic mass is 9.97. The second-order valence-corrected chi connectivity index (χ2v) is 9.46. The molecule has 4 heterocycles. The Hall–Kier alpha value is -3.01. The number of anilines is 1. The first-order chi connectivity index (χ1) is 17.2. The SMILES string of the molecule is Cn1ccc2cccc(CNCC3CCN(c4ncc(C(=O)NOC5CCCCO5)cn4)CC3)c21. The van der Waals surface area contributed by atoms with Gasteiger partial charge in [0.2, 0.25) is 5.95 Å². The molecule has 1 aromatic carbocycles. The highest BCUT2D eigenvalue weighted by Gasteiger charge is 2.22. The maximum atomic E-state index is 12.3. The second-order valence-electron chi connectivity index (χ2n) is 9.46. The van der Waals surface area contributed by atoms with Gasteiger partial charge in [0.25, 0.3) is 5.91 Å². The van der Waals surface area contributed by atoms with Gasteiger partial charge in [-0.05, 0) is 55.2 Å². The molecule has 1 unspecified atom stereocenters. The second kappa shape index (κ2) is 11.2. The summed E-state index contributed by atoms with van der Waals surface area (Å²) in [5, 5.41) is 4.95. The minimum absolute atomic E-state index is 0.360. The van der Waals surface area contributed by atoms with E-state index in [0.29, 0.717) is 24.0 Å². The lowest BCUT2D eigenvalue weighted by Gasteiger charge is -2.32. The number of amides is 1. The van der Waals surface area contributed by atoms with Gasteiger partial charge in [0.05, 0.1) is 11.1 Å². The lowest BCUT2D eigenvalue weighted by Crippen LogP contribution is -2.38. The average Bonchev–Trinajstić information content (AvgIpc) is 3.30. The molecule has 1 amide bonds. The Morgan fingerprint density at radius 1 is 1.14 bits per heavy atom. The summed E-state index contributed by atoms with van der Waals surface area (Å²) in [4.78, 5) is 28.7. The minimum atomic E-state index is -0.379. The Balaban J connectivity index is 1.05. The van der Waals surface area contributed by atoms with Crippen molar-refractivity contribution in [3.63, 3.8) is 0 Å². The van der Waals surface area contributed by atoms with Crippen LogP contribution in [0.25, 0.3) is 10.9 Å². The summed E-state index contributed by atoms with van der Waals surface area (Å²) in [7, 11) is 2.10. The predicted molar refractivity (Wildman–Crippen MR) is 134 cm³/mol. The highest BCUT2D eigenvalue weighted by molar-refractivity contribution is 5.92. The van der Waals surface area contributed by atoms with Gasteiger partial charge in [-0.1, -0.05) is 18.2 Å². The van der Waals surface area contributed by atoms with Crippen LogP contribution in [0.5, 0.6) is 0 Å². The zero-order valence-electron chi connectivity index (χ0n) is 20.3. The van der Waals surface area contributed by atoms with Crippen molar-refractivity contribution in [1.82, 2.24) is 25.3 Å². The smallest absolute Gasteiger partial charge is 0.278 e. The average molecular weight is 479 g/mol. The normalized spacial score (nSPS) is 19.2. The third-order valence-corrected chi connectivity index (χ3v) is 6.95. The van der Waals surface area contributed by atoms with Crippen LogP contribution in [0, 0.1) is 5.92 Å². The van der Waals surface area contributed by atoms with E-state index in [0.717, 1.165) is 58.3 Å². The van der Waals surface area contributed by atoms with Crippen molar-refractivity contribution in [1.29, 1.82) is 0 Å². The standard InChI is InChI=1S/C26H34N6O3/c1-31-11-10-20-5-4-6-21(24(20)31)16-27-15-19-8-12-32(13-9-19)26-28-17-22(18-29-26)25(33)30-35-23-7-2-3-14-34-23/h4-6,10-11,17-19,23,27H,2-3,7-9,12-16H2,1H3,(H,30,33). The summed E-state index contributed by atoms with van der Waals surface area (Å²) in [6, 6.07) is 8.66. The van der Waals surface area contributed by atoms with Crippen molar-refractivity contribution in [2.24, 2.45) is 13.0 Å². The van der Waals surface area contributed by atoms with E-state index in [4.69, 9.17) is 9.57 Å². The van der Waals surface area contributed by atoms with Crippen LogP contribution in [-0.4, -0.2) is 53.0 Å². The molecule has 9 heteroatoms. The molecule has 0 aliphatic carbocycles. The molecular formula is C26H34N6O3. The number of hydrogen-bond donors (Lipinski definition) is 2. The molecule has 1 atom stereocenters. The van der Waals surface area contributed by atoms with Crippen molar-refractivity contribution in [3.8, 4) is 0 Å². The van der Waals surface area contributed by atoms with E-state index in [9.17, 15) is 4.79 Å². The fourth-order valence-corrected chi connectivity index (χ4v) is 4.92. The first-order valence-electron chi connectivity index (χ1n) is 12.6. The van der Waals surface area contributed by atoms with E-state index in [2.05, 4.69) is 67.7 Å². The van der Waals surface area contributed by atoms with Crippen LogP contribution in [-0.2, 0) is 23.2 Å². The van der Waals surface area contributed by atoms with E-state index >= 15 is 0 Å². The number of aryl methyl sites for hydroxylation is 1. The molecule has 0 spiro atoms. The molecule has 2 aliphatic heterocycles. The Morgan fingerprint density at radius 2 is 1.97 bits per heavy atom. The van der Waals surface area contributed by atoms with Gasteiger partial charge in [-0.2, -0.15) is 0 Å². The molecule has 3 aromatic rings. The molecule has 2 saturated heterocycles. The molecule has 2 N–H and O–H groups in total. The summed E-state index contributed by atoms with van der Waals surface area (Å²) in [6.45, 7) is 4.36. The summed E-state index contributed by atoms with van der Waals surface area (Å²) >= 11 is 0. The van der Waals surface area contributed by atoms with E-state index in [1.54, 1.807) is 12.4 Å². The first kappa shape index (κ1) is 23.7. The van der Waals surface area contributed by atoms with Gasteiger partial charge >= 0.3 is 0 Å². The summed E-state index contributed by atoms with van der Waals surface area (Å²) in [5.74, 6) is 0.935. The molecule has 2 fully saturated rings. The zero-order chi connectivity index (χ0) is 24.0. The Morgan fingerprint density at radius 3 is 2.74 bits per heavy atom. The number of aromatic nitrogens is 3. The summed E-state index contributed by atoms with van der Waals surface area (Å²) < 4.78 is 7.65. The molecular weight excluding hydrogens is 444 g/mol. The quantitative estimate of drug-likeness (QED) is 0.481. The molecule has 186 valence electrons. The molecule has 0 saturated carbocycles. The number of hydroxylamine groups is 1. The first-order valence-corrected chi connectivity index (χ1v) is 12.6. The van der Waals surface area contributed by atoms with Crippen LogP contribution in [0.3, 0.4) is 0 Å². The van der Waals surface area contributed by atoms with E-state index in [-0.39, 0.29) is 12.2 Å². The number of para-hydroxylation sites is 1. The molecule has 9 nitrogen and oxygen atoms in total. The van der Waals surface area contributed by atoms with Gasteiger partial charge in [-0.15, -0.1) is 0 Å². The fourth-order valence-electron chi connectivity index (χ4n) is 4.92. The number of carbonyl (C=O) groups excluding carboxylic acids is 1. The van der Waals surface area contributed by atoms with Crippen LogP contribution >= 0.6 is 0 Å². The van der Waals surface area contributed by atoms with Gasteiger partial charge in [-0.25, -0.2) is 20.3 Å².